The predicted octanol–water partition coefficient (Wildman–Crippen LogP) is 3.66. The van der Waals surface area contributed by atoms with E-state index < -0.39 is 0 Å². The standard InChI is InChI=1S/C18H12N4O2/c23-16(15-9-12-5-1-2-6-13(12)10-19-15)11-20-22-18-21-14-7-3-4-8-17(14)24-18/h1-11H,(H,21,22)/b20-11+. The Kier molecular flexibility index (Phi) is 3.47. The molecule has 6 nitrogen and oxygen atoms in total. The molecule has 0 unspecified atom stereocenters. The zero-order valence-corrected chi connectivity index (χ0v) is 12.5. The number of hydrogen-bond acceptors (Lipinski definition) is 6. The minimum Gasteiger partial charge on any atom is -0.422 e. The second-order valence-electron chi connectivity index (χ2n) is 5.14. The number of fused-ring (bicyclic) bond motifs is 2. The Morgan fingerprint density at radius 2 is 1.88 bits per heavy atom. The first-order valence-electron chi connectivity index (χ1n) is 7.33. The SMILES string of the molecule is O=C(/C=N/Nc1nc2ccccc2o1)c1cc2ccccc2cn1. The number of carbonyl (C=O) groups excluding carboxylic acids is 1. The summed E-state index contributed by atoms with van der Waals surface area (Å²) in [5.74, 6) is -0.302. The number of oxazole rings is 1. The zero-order valence-electron chi connectivity index (χ0n) is 12.5. The van der Waals surface area contributed by atoms with Gasteiger partial charge in [0, 0.05) is 11.6 Å². The van der Waals surface area contributed by atoms with Crippen molar-refractivity contribution in [1.29, 1.82) is 0 Å². The summed E-state index contributed by atoms with van der Waals surface area (Å²) >= 11 is 0. The van der Waals surface area contributed by atoms with Crippen LogP contribution in [0.1, 0.15) is 10.5 Å². The normalized spacial score (nSPS) is 11.3. The minimum atomic E-state index is -0.302. The van der Waals surface area contributed by atoms with Crippen LogP contribution in [0.2, 0.25) is 0 Å². The van der Waals surface area contributed by atoms with Crippen molar-refractivity contribution in [3.8, 4) is 0 Å². The van der Waals surface area contributed by atoms with Gasteiger partial charge in [0.1, 0.15) is 11.2 Å². The zero-order chi connectivity index (χ0) is 16.4. The van der Waals surface area contributed by atoms with Crippen LogP contribution in [0.15, 0.2) is 70.3 Å². The van der Waals surface area contributed by atoms with E-state index in [-0.39, 0.29) is 11.8 Å². The van der Waals surface area contributed by atoms with Crippen LogP contribution in [0, 0.1) is 0 Å². The van der Waals surface area contributed by atoms with Crippen LogP contribution in [0.25, 0.3) is 21.9 Å². The molecule has 24 heavy (non-hydrogen) atoms. The Labute approximate surface area is 136 Å². The number of para-hydroxylation sites is 2. The number of Topliss-reactive ketones (excluding diaryl/α,β-unsaturated/α-hetero) is 1. The van der Waals surface area contributed by atoms with Crippen molar-refractivity contribution in [3.05, 3.63) is 66.5 Å². The number of hydrogen-bond donors (Lipinski definition) is 1. The van der Waals surface area contributed by atoms with Crippen LogP contribution in [-0.2, 0) is 0 Å². The third-order valence-corrected chi connectivity index (χ3v) is 3.52. The molecule has 0 radical (unpaired) electrons. The number of nitrogens with zero attached hydrogens (tertiary/aromatic N) is 3. The highest BCUT2D eigenvalue weighted by molar-refractivity contribution is 6.35. The average Bonchev–Trinajstić information content (AvgIpc) is 3.04. The van der Waals surface area contributed by atoms with E-state index in [1.54, 1.807) is 18.3 Å². The number of hydrazone groups is 1. The molecule has 4 aromatic rings. The van der Waals surface area contributed by atoms with Gasteiger partial charge >= 0.3 is 6.01 Å². The van der Waals surface area contributed by atoms with E-state index in [1.807, 2.05) is 42.5 Å². The summed E-state index contributed by atoms with van der Waals surface area (Å²) in [4.78, 5) is 20.5. The van der Waals surface area contributed by atoms with Gasteiger partial charge in [-0.2, -0.15) is 10.1 Å². The highest BCUT2D eigenvalue weighted by atomic mass is 16.4. The van der Waals surface area contributed by atoms with E-state index in [2.05, 4.69) is 20.5 Å². The van der Waals surface area contributed by atoms with Gasteiger partial charge in [-0.25, -0.2) is 5.43 Å². The van der Waals surface area contributed by atoms with Gasteiger partial charge in [0.2, 0.25) is 5.78 Å². The van der Waals surface area contributed by atoms with Crippen molar-refractivity contribution < 1.29 is 9.21 Å². The number of ketones is 1. The molecule has 0 saturated carbocycles. The van der Waals surface area contributed by atoms with E-state index in [4.69, 9.17) is 4.42 Å². The maximum Gasteiger partial charge on any atom is 0.316 e. The van der Waals surface area contributed by atoms with E-state index in [9.17, 15) is 4.79 Å². The summed E-state index contributed by atoms with van der Waals surface area (Å²) in [6.45, 7) is 0. The molecule has 0 aliphatic carbocycles. The number of rotatable bonds is 4. The van der Waals surface area contributed by atoms with E-state index in [1.165, 1.54) is 0 Å². The fourth-order valence-electron chi connectivity index (χ4n) is 2.35. The van der Waals surface area contributed by atoms with Crippen LogP contribution in [0.5, 0.6) is 0 Å². The lowest BCUT2D eigenvalue weighted by atomic mass is 10.1. The number of aromatic nitrogens is 2. The maximum atomic E-state index is 12.1. The van der Waals surface area contributed by atoms with Crippen molar-refractivity contribution in [2.45, 2.75) is 0 Å². The molecule has 0 spiro atoms. The fourth-order valence-corrected chi connectivity index (χ4v) is 2.35. The Bertz CT molecular complexity index is 1040. The summed E-state index contributed by atoms with van der Waals surface area (Å²) in [5, 5.41) is 5.81. The van der Waals surface area contributed by atoms with Crippen molar-refractivity contribution in [1.82, 2.24) is 9.97 Å². The molecular weight excluding hydrogens is 304 g/mol. The van der Waals surface area contributed by atoms with Crippen LogP contribution >= 0.6 is 0 Å². The summed E-state index contributed by atoms with van der Waals surface area (Å²) in [6.07, 6.45) is 2.83. The molecule has 0 aliphatic rings. The molecule has 4 rings (SSSR count). The van der Waals surface area contributed by atoms with Gasteiger partial charge in [-0.1, -0.05) is 36.4 Å². The lowest BCUT2D eigenvalue weighted by Crippen LogP contribution is -2.04. The van der Waals surface area contributed by atoms with Gasteiger partial charge < -0.3 is 4.42 Å². The van der Waals surface area contributed by atoms with Gasteiger partial charge in [0.05, 0.1) is 6.21 Å². The quantitative estimate of drug-likeness (QED) is 0.353. The lowest BCUT2D eigenvalue weighted by molar-refractivity contribution is 0.106. The van der Waals surface area contributed by atoms with Crippen molar-refractivity contribution in [2.24, 2.45) is 5.10 Å². The van der Waals surface area contributed by atoms with E-state index in [0.29, 0.717) is 11.3 Å². The van der Waals surface area contributed by atoms with Gasteiger partial charge in [0.25, 0.3) is 0 Å². The summed E-state index contributed by atoms with van der Waals surface area (Å²) in [6, 6.07) is 17.1. The number of carbonyl (C=O) groups is 1. The van der Waals surface area contributed by atoms with Crippen LogP contribution in [-0.4, -0.2) is 22.0 Å². The van der Waals surface area contributed by atoms with Gasteiger partial charge in [0.15, 0.2) is 5.58 Å². The minimum absolute atomic E-state index is 0.228. The molecule has 0 bridgehead atoms. The third kappa shape index (κ3) is 2.72. The monoisotopic (exact) mass is 316 g/mol. The molecule has 6 heteroatoms. The van der Waals surface area contributed by atoms with E-state index >= 15 is 0 Å². The fraction of sp³-hybridized carbons (Fsp3) is 0. The third-order valence-electron chi connectivity index (χ3n) is 3.52. The largest absolute Gasteiger partial charge is 0.422 e. The molecule has 116 valence electrons. The van der Waals surface area contributed by atoms with E-state index in [0.717, 1.165) is 22.5 Å². The summed E-state index contributed by atoms with van der Waals surface area (Å²) in [5.41, 5.74) is 4.32. The van der Waals surface area contributed by atoms with Gasteiger partial charge in [-0.05, 0) is 23.6 Å². The van der Waals surface area contributed by atoms with Crippen LogP contribution < -0.4 is 5.43 Å². The first kappa shape index (κ1) is 14.1. The molecule has 2 heterocycles. The summed E-state index contributed by atoms with van der Waals surface area (Å²) < 4.78 is 5.45. The van der Waals surface area contributed by atoms with Crippen LogP contribution in [0.3, 0.4) is 0 Å². The molecule has 0 amide bonds. The Hall–Kier alpha value is -3.54. The molecular formula is C18H12N4O2. The molecule has 2 aromatic heterocycles. The average molecular weight is 316 g/mol. The second kappa shape index (κ2) is 5.92. The summed E-state index contributed by atoms with van der Waals surface area (Å²) in [7, 11) is 0. The second-order valence-corrected chi connectivity index (χ2v) is 5.14. The van der Waals surface area contributed by atoms with Crippen molar-refractivity contribution in [3.63, 3.8) is 0 Å². The van der Waals surface area contributed by atoms with Gasteiger partial charge in [-0.3, -0.25) is 9.78 Å². The molecule has 1 N–H and O–H groups in total. The maximum absolute atomic E-state index is 12.1. The first-order valence-corrected chi connectivity index (χ1v) is 7.33. The number of benzene rings is 2. The highest BCUT2D eigenvalue weighted by Gasteiger charge is 2.06. The van der Waals surface area contributed by atoms with Crippen molar-refractivity contribution >= 4 is 39.9 Å². The molecule has 2 aromatic carbocycles. The Balaban J connectivity index is 1.50. The number of nitrogens with one attached hydrogen (secondary N) is 1. The molecule has 0 aliphatic heterocycles. The molecule has 0 atom stereocenters. The Morgan fingerprint density at radius 3 is 2.75 bits per heavy atom. The smallest absolute Gasteiger partial charge is 0.316 e. The topological polar surface area (TPSA) is 80.4 Å². The first-order chi connectivity index (χ1) is 11.8. The van der Waals surface area contributed by atoms with Crippen LogP contribution in [0.4, 0.5) is 6.01 Å². The highest BCUT2D eigenvalue weighted by Crippen LogP contribution is 2.18. The lowest BCUT2D eigenvalue weighted by Gasteiger charge is -1.99. The Morgan fingerprint density at radius 1 is 1.08 bits per heavy atom. The van der Waals surface area contributed by atoms with Crippen molar-refractivity contribution in [2.75, 3.05) is 5.43 Å². The number of anilines is 1. The van der Waals surface area contributed by atoms with Gasteiger partial charge in [-0.15, -0.1) is 0 Å². The molecule has 0 fully saturated rings. The number of pyridine rings is 1. The molecule has 0 saturated heterocycles. The predicted molar refractivity (Wildman–Crippen MR) is 92.2 cm³/mol.